The molecule has 0 unspecified atom stereocenters. The second kappa shape index (κ2) is 4.64. The van der Waals surface area contributed by atoms with Gasteiger partial charge in [0.25, 0.3) is 0 Å². The molecule has 0 aliphatic heterocycles. The number of benzene rings is 1. The van der Waals surface area contributed by atoms with Crippen molar-refractivity contribution < 1.29 is 32.7 Å². The molecule has 0 spiro atoms. The summed E-state index contributed by atoms with van der Waals surface area (Å²) >= 11 is 3.36. The molecule has 2 heteroatoms. The number of hydrogen-bond donors (Lipinski definition) is 0. The Hall–Kier alpha value is 0.804. The SMILES string of the molecule is Cc1[c-]cc(Br)cc1C.[Y]. The van der Waals surface area contributed by atoms with Gasteiger partial charge in [-0.15, -0.1) is 15.9 Å². The summed E-state index contributed by atoms with van der Waals surface area (Å²) in [5.41, 5.74) is 2.50. The van der Waals surface area contributed by atoms with Gasteiger partial charge in [0.1, 0.15) is 0 Å². The van der Waals surface area contributed by atoms with E-state index < -0.39 is 0 Å². The third kappa shape index (κ3) is 2.81. The van der Waals surface area contributed by atoms with Crippen LogP contribution in [0.5, 0.6) is 0 Å². The van der Waals surface area contributed by atoms with Crippen molar-refractivity contribution >= 4 is 15.9 Å². The smallest absolute Gasteiger partial charge is 0 e. The number of halogens is 1. The summed E-state index contributed by atoms with van der Waals surface area (Å²) in [4.78, 5) is 0. The Morgan fingerprint density at radius 1 is 1.40 bits per heavy atom. The van der Waals surface area contributed by atoms with Crippen molar-refractivity contribution in [2.24, 2.45) is 0 Å². The van der Waals surface area contributed by atoms with E-state index >= 15 is 0 Å². The van der Waals surface area contributed by atoms with Crippen molar-refractivity contribution in [3.05, 3.63) is 33.8 Å². The minimum absolute atomic E-state index is 0. The molecule has 0 atom stereocenters. The van der Waals surface area contributed by atoms with E-state index in [-0.39, 0.29) is 32.7 Å². The molecule has 0 saturated heterocycles. The molecule has 1 aromatic carbocycles. The molecule has 1 rings (SSSR count). The van der Waals surface area contributed by atoms with Crippen LogP contribution in [0.2, 0.25) is 0 Å². The van der Waals surface area contributed by atoms with Gasteiger partial charge in [-0.25, -0.2) is 0 Å². The molecule has 0 fully saturated rings. The van der Waals surface area contributed by atoms with E-state index in [2.05, 4.69) is 41.9 Å². The topological polar surface area (TPSA) is 0 Å². The summed E-state index contributed by atoms with van der Waals surface area (Å²) in [7, 11) is 0. The molecule has 0 aromatic heterocycles. The summed E-state index contributed by atoms with van der Waals surface area (Å²) < 4.78 is 1.10. The fourth-order valence-electron chi connectivity index (χ4n) is 0.648. The first-order valence-electron chi connectivity index (χ1n) is 2.84. The zero-order chi connectivity index (χ0) is 6.85. The van der Waals surface area contributed by atoms with Crippen molar-refractivity contribution in [3.8, 4) is 0 Å². The largest absolute Gasteiger partial charge is 0.179 e. The second-order valence-corrected chi connectivity index (χ2v) is 3.04. The van der Waals surface area contributed by atoms with Crippen LogP contribution in [0.3, 0.4) is 0 Å². The molecular weight excluding hydrogens is 265 g/mol. The van der Waals surface area contributed by atoms with Gasteiger partial charge in [0, 0.05) is 32.7 Å². The van der Waals surface area contributed by atoms with Crippen LogP contribution in [-0.4, -0.2) is 0 Å². The Balaban J connectivity index is 0.000000810. The van der Waals surface area contributed by atoms with Crippen LogP contribution in [0, 0.1) is 19.9 Å². The van der Waals surface area contributed by atoms with Crippen LogP contribution in [0.15, 0.2) is 16.6 Å². The van der Waals surface area contributed by atoms with Gasteiger partial charge in [0.05, 0.1) is 0 Å². The Kier molecular flexibility index (Phi) is 5.01. The molecule has 0 aliphatic carbocycles. The predicted molar refractivity (Wildman–Crippen MR) is 42.5 cm³/mol. The first-order chi connectivity index (χ1) is 4.20. The van der Waals surface area contributed by atoms with Crippen LogP contribution >= 0.6 is 15.9 Å². The maximum Gasteiger partial charge on any atom is 0 e. The molecule has 1 aromatic rings. The minimum atomic E-state index is 0. The predicted octanol–water partition coefficient (Wildman–Crippen LogP) is 2.86. The average molecular weight is 273 g/mol. The van der Waals surface area contributed by atoms with Crippen LogP contribution < -0.4 is 0 Å². The van der Waals surface area contributed by atoms with Gasteiger partial charge in [-0.05, 0) is 0 Å². The molecule has 0 heterocycles. The maximum atomic E-state index is 3.36. The van der Waals surface area contributed by atoms with Crippen LogP contribution in [-0.2, 0) is 32.7 Å². The summed E-state index contributed by atoms with van der Waals surface area (Å²) in [6.07, 6.45) is 0. The van der Waals surface area contributed by atoms with Gasteiger partial charge >= 0.3 is 0 Å². The average Bonchev–Trinajstić information content (AvgIpc) is 1.80. The van der Waals surface area contributed by atoms with E-state index in [0.717, 1.165) is 4.47 Å². The zero-order valence-electron chi connectivity index (χ0n) is 6.11. The first-order valence-corrected chi connectivity index (χ1v) is 3.64. The normalized spacial score (nSPS) is 8.70. The number of hydrogen-bond acceptors (Lipinski definition) is 0. The summed E-state index contributed by atoms with van der Waals surface area (Å²) in [5.74, 6) is 0. The molecule has 0 nitrogen and oxygen atoms in total. The molecule has 10 heavy (non-hydrogen) atoms. The van der Waals surface area contributed by atoms with Crippen LogP contribution in [0.1, 0.15) is 11.1 Å². The Labute approximate surface area is 95.4 Å². The molecule has 0 saturated carbocycles. The molecule has 1 radical (unpaired) electrons. The molecule has 0 aliphatic rings. The minimum Gasteiger partial charge on any atom is -0.179 e. The molecule has 0 bridgehead atoms. The molecule has 0 N–H and O–H groups in total. The van der Waals surface area contributed by atoms with Crippen molar-refractivity contribution in [2.75, 3.05) is 0 Å². The van der Waals surface area contributed by atoms with Gasteiger partial charge in [-0.2, -0.15) is 29.3 Å². The molecular formula is C8H8BrY-. The summed E-state index contributed by atoms with van der Waals surface area (Å²) in [6.45, 7) is 4.14. The molecule has 51 valence electrons. The van der Waals surface area contributed by atoms with Crippen LogP contribution in [0.4, 0.5) is 0 Å². The van der Waals surface area contributed by atoms with E-state index in [1.807, 2.05) is 6.07 Å². The fourth-order valence-corrected chi connectivity index (χ4v) is 1.11. The Bertz CT molecular complexity index is 220. The van der Waals surface area contributed by atoms with E-state index in [1.54, 1.807) is 0 Å². The van der Waals surface area contributed by atoms with Crippen molar-refractivity contribution in [1.29, 1.82) is 0 Å². The quantitative estimate of drug-likeness (QED) is 0.637. The van der Waals surface area contributed by atoms with E-state index in [9.17, 15) is 0 Å². The Morgan fingerprint density at radius 2 is 2.00 bits per heavy atom. The number of aryl methyl sites for hydroxylation is 2. The molecule has 0 amide bonds. The second-order valence-electron chi connectivity index (χ2n) is 2.13. The third-order valence-electron chi connectivity index (χ3n) is 1.37. The van der Waals surface area contributed by atoms with Gasteiger partial charge in [0.15, 0.2) is 0 Å². The Morgan fingerprint density at radius 3 is 2.40 bits per heavy atom. The summed E-state index contributed by atoms with van der Waals surface area (Å²) in [5, 5.41) is 0. The van der Waals surface area contributed by atoms with Gasteiger partial charge in [-0.3, -0.25) is 0 Å². The first kappa shape index (κ1) is 10.8. The van der Waals surface area contributed by atoms with Crippen molar-refractivity contribution in [3.63, 3.8) is 0 Å². The fraction of sp³-hybridized carbons (Fsp3) is 0.250. The standard InChI is InChI=1S/C8H8Br.Y/c1-6-3-4-8(9)5-7(6)2;/h4-5H,1-2H3;/q-1;. The zero-order valence-corrected chi connectivity index (χ0v) is 10.5. The third-order valence-corrected chi connectivity index (χ3v) is 1.83. The van der Waals surface area contributed by atoms with Gasteiger partial charge in [-0.1, -0.05) is 18.3 Å². The van der Waals surface area contributed by atoms with Gasteiger partial charge < -0.3 is 0 Å². The van der Waals surface area contributed by atoms with Crippen LogP contribution in [0.25, 0.3) is 0 Å². The van der Waals surface area contributed by atoms with E-state index in [4.69, 9.17) is 0 Å². The van der Waals surface area contributed by atoms with Gasteiger partial charge in [0.2, 0.25) is 0 Å². The maximum absolute atomic E-state index is 3.36. The van der Waals surface area contributed by atoms with E-state index in [1.165, 1.54) is 11.1 Å². The monoisotopic (exact) mass is 272 g/mol. The van der Waals surface area contributed by atoms with Crippen molar-refractivity contribution in [1.82, 2.24) is 0 Å². The van der Waals surface area contributed by atoms with Crippen molar-refractivity contribution in [2.45, 2.75) is 13.8 Å². The summed E-state index contributed by atoms with van der Waals surface area (Å²) in [6, 6.07) is 7.14. The number of rotatable bonds is 0. The van der Waals surface area contributed by atoms with E-state index in [0.29, 0.717) is 0 Å².